The molecule has 35 heavy (non-hydrogen) atoms. The molecule has 0 saturated carbocycles. The Labute approximate surface area is 209 Å². The number of hydrogen-bond donors (Lipinski definition) is 2. The Morgan fingerprint density at radius 2 is 1.80 bits per heavy atom. The Bertz CT molecular complexity index is 1540. The van der Waals surface area contributed by atoms with Gasteiger partial charge in [0.05, 0.1) is 21.6 Å². The highest BCUT2D eigenvalue weighted by Gasteiger charge is 2.16. The van der Waals surface area contributed by atoms with Gasteiger partial charge in [-0.3, -0.25) is 18.9 Å². The van der Waals surface area contributed by atoms with E-state index in [4.69, 9.17) is 11.6 Å². The second-order valence-corrected chi connectivity index (χ2v) is 10.2. The topological polar surface area (TPSA) is 136 Å². The van der Waals surface area contributed by atoms with Crippen molar-refractivity contribution < 1.29 is 13.2 Å². The third-order valence-corrected chi connectivity index (χ3v) is 7.34. The van der Waals surface area contributed by atoms with Crippen molar-refractivity contribution in [3.05, 3.63) is 76.2 Å². The number of amides is 1. The monoisotopic (exact) mass is 530 g/mol. The van der Waals surface area contributed by atoms with Gasteiger partial charge in [-0.25, -0.2) is 13.4 Å². The van der Waals surface area contributed by atoms with E-state index in [2.05, 4.69) is 25.2 Å². The number of nitrogens with zero attached hydrogens (tertiary/aromatic N) is 4. The summed E-state index contributed by atoms with van der Waals surface area (Å²) >= 11 is 6.81. The second-order valence-electron chi connectivity index (χ2n) is 7.17. The van der Waals surface area contributed by atoms with Crippen LogP contribution in [0.25, 0.3) is 10.9 Å². The fraction of sp³-hybridized carbons (Fsp3) is 0.136. The first kappa shape index (κ1) is 24.6. The zero-order chi connectivity index (χ0) is 25.0. The molecule has 2 aromatic carbocycles. The van der Waals surface area contributed by atoms with Gasteiger partial charge in [-0.15, -0.1) is 10.2 Å². The van der Waals surface area contributed by atoms with Crippen LogP contribution in [0.5, 0.6) is 0 Å². The van der Waals surface area contributed by atoms with E-state index in [-0.39, 0.29) is 33.1 Å². The summed E-state index contributed by atoms with van der Waals surface area (Å²) < 4.78 is 28.9. The van der Waals surface area contributed by atoms with E-state index in [9.17, 15) is 18.0 Å². The molecule has 0 aliphatic heterocycles. The first-order chi connectivity index (χ1) is 16.8. The van der Waals surface area contributed by atoms with E-state index < -0.39 is 10.0 Å². The Balaban J connectivity index is 1.41. The number of aromatic nitrogens is 4. The summed E-state index contributed by atoms with van der Waals surface area (Å²) in [6.45, 7) is 2.26. The molecular formula is C22H19ClN6O4S2. The number of benzene rings is 2. The fourth-order valence-corrected chi connectivity index (χ4v) is 5.11. The van der Waals surface area contributed by atoms with Crippen LogP contribution in [-0.4, -0.2) is 39.8 Å². The zero-order valence-corrected chi connectivity index (χ0v) is 20.7. The quantitative estimate of drug-likeness (QED) is 0.261. The normalized spacial score (nSPS) is 11.4. The van der Waals surface area contributed by atoms with Crippen molar-refractivity contribution >= 4 is 61.7 Å². The maximum atomic E-state index is 12.7. The van der Waals surface area contributed by atoms with Crippen molar-refractivity contribution in [2.24, 2.45) is 0 Å². The molecular weight excluding hydrogens is 512 g/mol. The lowest BCUT2D eigenvalue weighted by Gasteiger charge is -2.11. The van der Waals surface area contributed by atoms with Crippen LogP contribution in [0.1, 0.15) is 6.92 Å². The molecule has 4 rings (SSSR count). The van der Waals surface area contributed by atoms with Crippen molar-refractivity contribution in [3.63, 3.8) is 0 Å². The number of fused-ring (bicyclic) bond motifs is 1. The summed E-state index contributed by atoms with van der Waals surface area (Å²) in [5, 5.41) is 11.1. The van der Waals surface area contributed by atoms with Gasteiger partial charge in [0, 0.05) is 12.2 Å². The summed E-state index contributed by atoms with van der Waals surface area (Å²) in [7, 11) is -3.90. The molecule has 2 heterocycles. The standard InChI is InChI=1S/C22H19ClN6O4S2/c1-2-29-21(31)16-5-3-4-6-17(16)25-22(29)34-13-20(30)24-14-7-9-15(10-8-14)35(32,33)28-19-12-11-18(23)26-27-19/h3-12H,2,13H2,1H3,(H,24,30)(H,27,28). The molecule has 10 nitrogen and oxygen atoms in total. The molecule has 1 amide bonds. The molecule has 0 spiro atoms. The highest BCUT2D eigenvalue weighted by atomic mass is 35.5. The summed E-state index contributed by atoms with van der Waals surface area (Å²) in [6.07, 6.45) is 0. The number of hydrogen-bond acceptors (Lipinski definition) is 8. The maximum absolute atomic E-state index is 12.7. The van der Waals surface area contributed by atoms with Crippen LogP contribution in [0, 0.1) is 0 Å². The Morgan fingerprint density at radius 1 is 1.06 bits per heavy atom. The number of halogens is 1. The number of sulfonamides is 1. The third kappa shape index (κ3) is 5.78. The summed E-state index contributed by atoms with van der Waals surface area (Å²) in [6, 6.07) is 15.5. The summed E-state index contributed by atoms with van der Waals surface area (Å²) in [5.41, 5.74) is 0.830. The van der Waals surface area contributed by atoms with Gasteiger partial charge in [-0.1, -0.05) is 35.5 Å². The molecule has 0 unspecified atom stereocenters. The van der Waals surface area contributed by atoms with Crippen molar-refractivity contribution in [1.82, 2.24) is 19.7 Å². The highest BCUT2D eigenvalue weighted by Crippen LogP contribution is 2.20. The van der Waals surface area contributed by atoms with Crippen LogP contribution in [0.4, 0.5) is 11.5 Å². The van der Waals surface area contributed by atoms with Crippen LogP contribution < -0.4 is 15.6 Å². The number of carbonyl (C=O) groups is 1. The van der Waals surface area contributed by atoms with Gasteiger partial charge >= 0.3 is 0 Å². The average molecular weight is 531 g/mol. The Morgan fingerprint density at radius 3 is 2.49 bits per heavy atom. The van der Waals surface area contributed by atoms with Crippen LogP contribution in [0.15, 0.2) is 75.5 Å². The minimum atomic E-state index is -3.90. The molecule has 0 aliphatic carbocycles. The van der Waals surface area contributed by atoms with Gasteiger partial charge in [0.25, 0.3) is 15.6 Å². The van der Waals surface area contributed by atoms with Gasteiger partial charge < -0.3 is 5.32 Å². The molecule has 4 aromatic rings. The van der Waals surface area contributed by atoms with Gasteiger partial charge in [0.2, 0.25) is 5.91 Å². The van der Waals surface area contributed by atoms with Crippen LogP contribution in [-0.2, 0) is 21.4 Å². The smallest absolute Gasteiger partial charge is 0.263 e. The van der Waals surface area contributed by atoms with E-state index in [0.29, 0.717) is 28.3 Å². The molecule has 0 fully saturated rings. The number of carbonyl (C=O) groups excluding carboxylic acids is 1. The molecule has 0 atom stereocenters. The number of rotatable bonds is 8. The third-order valence-electron chi connectivity index (χ3n) is 4.79. The number of para-hydroxylation sites is 1. The number of anilines is 2. The molecule has 13 heteroatoms. The van der Waals surface area contributed by atoms with Crippen molar-refractivity contribution in [1.29, 1.82) is 0 Å². The predicted molar refractivity (Wildman–Crippen MR) is 135 cm³/mol. The van der Waals surface area contributed by atoms with Crippen LogP contribution in [0.3, 0.4) is 0 Å². The van der Waals surface area contributed by atoms with Gasteiger partial charge in [-0.05, 0) is 55.5 Å². The molecule has 0 radical (unpaired) electrons. The van der Waals surface area contributed by atoms with E-state index in [1.807, 2.05) is 6.92 Å². The minimum Gasteiger partial charge on any atom is -0.325 e. The van der Waals surface area contributed by atoms with Crippen molar-refractivity contribution in [2.75, 3.05) is 15.8 Å². The second kappa shape index (κ2) is 10.4. The summed E-state index contributed by atoms with van der Waals surface area (Å²) in [5.74, 6) is -0.288. The Kier molecular flexibility index (Phi) is 7.34. The molecule has 2 aromatic heterocycles. The lowest BCUT2D eigenvalue weighted by Crippen LogP contribution is -2.23. The molecule has 0 aliphatic rings. The van der Waals surface area contributed by atoms with Crippen LogP contribution in [0.2, 0.25) is 5.15 Å². The number of thioether (sulfide) groups is 1. The van der Waals surface area contributed by atoms with E-state index in [1.54, 1.807) is 24.3 Å². The predicted octanol–water partition coefficient (Wildman–Crippen LogP) is 3.39. The lowest BCUT2D eigenvalue weighted by atomic mass is 10.2. The highest BCUT2D eigenvalue weighted by molar-refractivity contribution is 7.99. The lowest BCUT2D eigenvalue weighted by molar-refractivity contribution is -0.113. The van der Waals surface area contributed by atoms with Gasteiger partial charge in [0.1, 0.15) is 0 Å². The van der Waals surface area contributed by atoms with Crippen molar-refractivity contribution in [3.8, 4) is 0 Å². The molecule has 180 valence electrons. The first-order valence-electron chi connectivity index (χ1n) is 10.3. The minimum absolute atomic E-state index is 0.0155. The van der Waals surface area contributed by atoms with Gasteiger partial charge in [0.15, 0.2) is 16.1 Å². The largest absolute Gasteiger partial charge is 0.325 e. The van der Waals surface area contributed by atoms with Crippen LogP contribution >= 0.6 is 23.4 Å². The Hall–Kier alpha value is -3.48. The first-order valence-corrected chi connectivity index (χ1v) is 13.2. The zero-order valence-electron chi connectivity index (χ0n) is 18.3. The maximum Gasteiger partial charge on any atom is 0.263 e. The number of nitrogens with one attached hydrogen (secondary N) is 2. The summed E-state index contributed by atoms with van der Waals surface area (Å²) in [4.78, 5) is 29.7. The molecule has 0 bridgehead atoms. The van der Waals surface area contributed by atoms with E-state index >= 15 is 0 Å². The van der Waals surface area contributed by atoms with E-state index in [0.717, 1.165) is 11.8 Å². The average Bonchev–Trinajstić information content (AvgIpc) is 2.84. The van der Waals surface area contributed by atoms with Crippen molar-refractivity contribution in [2.45, 2.75) is 23.5 Å². The van der Waals surface area contributed by atoms with E-state index in [1.165, 1.54) is 41.0 Å². The molecule has 0 saturated heterocycles. The molecule has 2 N–H and O–H groups in total. The SMILES string of the molecule is CCn1c(SCC(=O)Nc2ccc(S(=O)(=O)Nc3ccc(Cl)nn3)cc2)nc2ccccc2c1=O. The fourth-order valence-electron chi connectivity index (χ4n) is 3.15. The van der Waals surface area contributed by atoms with Gasteiger partial charge in [-0.2, -0.15) is 0 Å².